The van der Waals surface area contributed by atoms with E-state index in [0.29, 0.717) is 0 Å². The zero-order valence-corrected chi connectivity index (χ0v) is 11.4. The molecule has 2 rings (SSSR count). The largest absolute Gasteiger partial charge is 0.497 e. The van der Waals surface area contributed by atoms with Crippen molar-refractivity contribution >= 4 is 0 Å². The molecule has 2 aromatic rings. The van der Waals surface area contributed by atoms with Gasteiger partial charge in [0.2, 0.25) is 0 Å². The molecule has 0 bridgehead atoms. The smallest absolute Gasteiger partial charge is 0.118 e. The fraction of sp³-hybridized carbons (Fsp3) is 0.235. The Labute approximate surface area is 115 Å². The van der Waals surface area contributed by atoms with Crippen molar-refractivity contribution in [3.05, 3.63) is 66.1 Å². The van der Waals surface area contributed by atoms with Crippen molar-refractivity contribution in [1.82, 2.24) is 0 Å². The van der Waals surface area contributed by atoms with E-state index in [1.807, 2.05) is 24.3 Å². The van der Waals surface area contributed by atoms with Gasteiger partial charge in [0.15, 0.2) is 0 Å². The first kappa shape index (κ1) is 13.3. The molecule has 0 saturated heterocycles. The van der Waals surface area contributed by atoms with Gasteiger partial charge in [0.1, 0.15) is 24.3 Å². The molecule has 2 heteroatoms. The summed E-state index contributed by atoms with van der Waals surface area (Å²) >= 11 is 0. The van der Waals surface area contributed by atoms with Crippen molar-refractivity contribution in [2.45, 2.75) is 12.8 Å². The first-order valence-electron chi connectivity index (χ1n) is 6.39. The molecule has 19 heavy (non-hydrogen) atoms. The number of benzene rings is 2. The van der Waals surface area contributed by atoms with E-state index in [9.17, 15) is 0 Å². The van der Waals surface area contributed by atoms with Gasteiger partial charge in [-0.1, -0.05) is 24.3 Å². The number of hydrogen-bond donors (Lipinski definition) is 0. The molecule has 0 aliphatic heterocycles. The quantitative estimate of drug-likeness (QED) is 0.733. The van der Waals surface area contributed by atoms with Gasteiger partial charge in [-0.3, -0.25) is 0 Å². The molecule has 0 saturated carbocycles. The van der Waals surface area contributed by atoms with Crippen LogP contribution in [0.2, 0.25) is 0 Å². The minimum absolute atomic E-state index is 0.902. The van der Waals surface area contributed by atoms with Gasteiger partial charge in [-0.2, -0.15) is 0 Å². The summed E-state index contributed by atoms with van der Waals surface area (Å²) < 4.78 is 10.3. The van der Waals surface area contributed by atoms with Crippen LogP contribution in [0.4, 0.5) is 0 Å². The molecule has 2 aromatic carbocycles. The molecule has 2 nitrogen and oxygen atoms in total. The Morgan fingerprint density at radius 2 is 1.05 bits per heavy atom. The number of ether oxygens (including phenoxy) is 2. The van der Waals surface area contributed by atoms with E-state index in [-0.39, 0.29) is 0 Å². The molecule has 0 amide bonds. The van der Waals surface area contributed by atoms with E-state index < -0.39 is 0 Å². The monoisotopic (exact) mass is 255 g/mol. The topological polar surface area (TPSA) is 18.5 Å². The SMILES string of the molecule is COc1ccc(C[CH+]Cc2ccc(OC)cc2)cc1. The first-order chi connectivity index (χ1) is 9.31. The minimum atomic E-state index is 0.902. The highest BCUT2D eigenvalue weighted by atomic mass is 16.5. The summed E-state index contributed by atoms with van der Waals surface area (Å²) in [6, 6.07) is 16.4. The van der Waals surface area contributed by atoms with Crippen LogP contribution in [0.3, 0.4) is 0 Å². The average Bonchev–Trinajstić information content (AvgIpc) is 2.49. The first-order valence-corrected chi connectivity index (χ1v) is 6.39. The standard InChI is InChI=1S/C17H19O2/c1-18-16-10-6-14(7-11-16)4-3-5-15-8-12-17(19-2)13-9-15/h3,6-13H,4-5H2,1-2H3/q+1. The van der Waals surface area contributed by atoms with Gasteiger partial charge in [0.05, 0.1) is 20.6 Å². The molecule has 0 aliphatic rings. The van der Waals surface area contributed by atoms with E-state index in [1.165, 1.54) is 11.1 Å². The molecule has 0 unspecified atom stereocenters. The zero-order chi connectivity index (χ0) is 13.5. The average molecular weight is 255 g/mol. The number of hydrogen-bond acceptors (Lipinski definition) is 2. The van der Waals surface area contributed by atoms with Gasteiger partial charge in [-0.05, 0) is 35.4 Å². The fourth-order valence-corrected chi connectivity index (χ4v) is 1.93. The van der Waals surface area contributed by atoms with E-state index in [4.69, 9.17) is 9.47 Å². The molecule has 0 fully saturated rings. The lowest BCUT2D eigenvalue weighted by atomic mass is 10.0. The Morgan fingerprint density at radius 3 is 1.37 bits per heavy atom. The molecule has 0 aromatic heterocycles. The number of rotatable bonds is 6. The Hall–Kier alpha value is -2.09. The van der Waals surface area contributed by atoms with Gasteiger partial charge in [-0.15, -0.1) is 0 Å². The summed E-state index contributed by atoms with van der Waals surface area (Å²) in [5.74, 6) is 1.80. The van der Waals surface area contributed by atoms with Crippen LogP contribution in [0, 0.1) is 6.42 Å². The second-order valence-electron chi connectivity index (χ2n) is 4.39. The third-order valence-electron chi connectivity index (χ3n) is 3.08. The molecule has 98 valence electrons. The Morgan fingerprint density at radius 1 is 0.684 bits per heavy atom. The normalized spacial score (nSPS) is 10.0. The van der Waals surface area contributed by atoms with Crippen LogP contribution >= 0.6 is 0 Å². The van der Waals surface area contributed by atoms with Gasteiger partial charge in [0.25, 0.3) is 0 Å². The predicted molar refractivity (Wildman–Crippen MR) is 77.7 cm³/mol. The molecule has 0 N–H and O–H groups in total. The fourth-order valence-electron chi connectivity index (χ4n) is 1.93. The second kappa shape index (κ2) is 6.74. The van der Waals surface area contributed by atoms with E-state index in [1.54, 1.807) is 14.2 Å². The van der Waals surface area contributed by atoms with Crippen molar-refractivity contribution in [3.8, 4) is 11.5 Å². The van der Waals surface area contributed by atoms with Gasteiger partial charge < -0.3 is 9.47 Å². The van der Waals surface area contributed by atoms with Crippen molar-refractivity contribution < 1.29 is 9.47 Å². The van der Waals surface area contributed by atoms with Gasteiger partial charge in [-0.25, -0.2) is 0 Å². The molecule has 0 spiro atoms. The Bertz CT molecular complexity index is 438. The van der Waals surface area contributed by atoms with Crippen molar-refractivity contribution in [2.24, 2.45) is 0 Å². The van der Waals surface area contributed by atoms with Crippen molar-refractivity contribution in [2.75, 3.05) is 14.2 Å². The lowest BCUT2D eigenvalue weighted by Gasteiger charge is -2.01. The predicted octanol–water partition coefficient (Wildman–Crippen LogP) is 3.69. The summed E-state index contributed by atoms with van der Waals surface area (Å²) in [5, 5.41) is 0. The molecular formula is C17H19O2+. The van der Waals surface area contributed by atoms with Crippen LogP contribution in [-0.4, -0.2) is 14.2 Å². The lowest BCUT2D eigenvalue weighted by Crippen LogP contribution is -1.92. The minimum Gasteiger partial charge on any atom is -0.497 e. The van der Waals surface area contributed by atoms with Crippen LogP contribution in [-0.2, 0) is 12.8 Å². The van der Waals surface area contributed by atoms with Gasteiger partial charge >= 0.3 is 0 Å². The summed E-state index contributed by atoms with van der Waals surface area (Å²) in [6.07, 6.45) is 4.22. The second-order valence-corrected chi connectivity index (χ2v) is 4.39. The van der Waals surface area contributed by atoms with E-state index in [0.717, 1.165) is 24.3 Å². The van der Waals surface area contributed by atoms with Crippen molar-refractivity contribution in [3.63, 3.8) is 0 Å². The summed E-state index contributed by atoms with van der Waals surface area (Å²) in [6.45, 7) is 0. The summed E-state index contributed by atoms with van der Waals surface area (Å²) in [7, 11) is 3.37. The molecule has 0 atom stereocenters. The van der Waals surface area contributed by atoms with Crippen LogP contribution in [0.25, 0.3) is 0 Å². The van der Waals surface area contributed by atoms with Gasteiger partial charge in [0, 0.05) is 0 Å². The highest BCUT2D eigenvalue weighted by molar-refractivity contribution is 5.30. The maximum Gasteiger partial charge on any atom is 0.118 e. The van der Waals surface area contributed by atoms with Crippen LogP contribution in [0.15, 0.2) is 48.5 Å². The summed E-state index contributed by atoms with van der Waals surface area (Å²) in [5.41, 5.74) is 2.60. The maximum atomic E-state index is 5.14. The van der Waals surface area contributed by atoms with E-state index in [2.05, 4.69) is 30.7 Å². The molecular weight excluding hydrogens is 236 g/mol. The third kappa shape index (κ3) is 3.95. The third-order valence-corrected chi connectivity index (χ3v) is 3.08. The summed E-state index contributed by atoms with van der Waals surface area (Å²) in [4.78, 5) is 0. The highest BCUT2D eigenvalue weighted by Crippen LogP contribution is 2.15. The molecule has 0 aliphatic carbocycles. The number of methoxy groups -OCH3 is 2. The maximum absolute atomic E-state index is 5.14. The molecule has 0 radical (unpaired) electrons. The van der Waals surface area contributed by atoms with Crippen LogP contribution in [0.5, 0.6) is 11.5 Å². The Balaban J connectivity index is 1.81. The lowest BCUT2D eigenvalue weighted by molar-refractivity contribution is 0.414. The Kier molecular flexibility index (Phi) is 4.73. The van der Waals surface area contributed by atoms with Crippen LogP contribution < -0.4 is 9.47 Å². The highest BCUT2D eigenvalue weighted by Gasteiger charge is 2.04. The van der Waals surface area contributed by atoms with Crippen LogP contribution in [0.1, 0.15) is 11.1 Å². The zero-order valence-electron chi connectivity index (χ0n) is 11.4. The van der Waals surface area contributed by atoms with E-state index >= 15 is 0 Å². The van der Waals surface area contributed by atoms with Crippen molar-refractivity contribution in [1.29, 1.82) is 0 Å². The molecule has 0 heterocycles.